The van der Waals surface area contributed by atoms with E-state index in [2.05, 4.69) is 21.2 Å². The molecule has 1 N–H and O–H groups in total. The third kappa shape index (κ3) is 4.59. The fourth-order valence-corrected chi connectivity index (χ4v) is 3.50. The van der Waals surface area contributed by atoms with Gasteiger partial charge in [-0.2, -0.15) is 0 Å². The van der Waals surface area contributed by atoms with Crippen molar-refractivity contribution in [3.63, 3.8) is 0 Å². The van der Waals surface area contributed by atoms with Gasteiger partial charge in [0.05, 0.1) is 6.54 Å². The molecular formula is C14H14BrClN2OS. The zero-order chi connectivity index (χ0) is 14.5. The van der Waals surface area contributed by atoms with Gasteiger partial charge in [-0.3, -0.25) is 9.69 Å². The van der Waals surface area contributed by atoms with Gasteiger partial charge in [-0.1, -0.05) is 17.7 Å². The van der Waals surface area contributed by atoms with Crippen molar-refractivity contribution in [3.8, 4) is 0 Å². The van der Waals surface area contributed by atoms with E-state index in [4.69, 9.17) is 11.6 Å². The highest BCUT2D eigenvalue weighted by molar-refractivity contribution is 9.10. The Bertz CT molecular complexity index is 602. The Morgan fingerprint density at radius 3 is 2.90 bits per heavy atom. The molecule has 0 bridgehead atoms. The van der Waals surface area contributed by atoms with E-state index in [1.165, 1.54) is 4.88 Å². The number of amides is 1. The Labute approximate surface area is 135 Å². The Morgan fingerprint density at radius 1 is 1.45 bits per heavy atom. The number of nitrogens with zero attached hydrogens (tertiary/aromatic N) is 1. The number of hydrogen-bond acceptors (Lipinski definition) is 3. The lowest BCUT2D eigenvalue weighted by Gasteiger charge is -2.15. The Kier molecular flexibility index (Phi) is 5.60. The summed E-state index contributed by atoms with van der Waals surface area (Å²) in [7, 11) is 1.92. The van der Waals surface area contributed by atoms with Crippen LogP contribution in [0.5, 0.6) is 0 Å². The van der Waals surface area contributed by atoms with Gasteiger partial charge in [0.1, 0.15) is 0 Å². The minimum atomic E-state index is -0.0533. The van der Waals surface area contributed by atoms with E-state index in [0.29, 0.717) is 17.3 Å². The summed E-state index contributed by atoms with van der Waals surface area (Å²) in [5.41, 5.74) is 0.716. The average Bonchev–Trinajstić information content (AvgIpc) is 2.74. The molecule has 1 aromatic heterocycles. The molecule has 0 fully saturated rings. The van der Waals surface area contributed by atoms with E-state index < -0.39 is 0 Å². The molecule has 1 amide bonds. The topological polar surface area (TPSA) is 32.3 Å². The van der Waals surface area contributed by atoms with Gasteiger partial charge in [0.25, 0.3) is 0 Å². The van der Waals surface area contributed by atoms with E-state index in [9.17, 15) is 4.79 Å². The molecule has 2 aromatic rings. The van der Waals surface area contributed by atoms with Crippen LogP contribution in [0.1, 0.15) is 4.88 Å². The minimum Gasteiger partial charge on any atom is -0.325 e. The standard InChI is InChI=1S/C14H14BrClN2OS/c1-18(8-13-12(15)5-6-20-13)9-14(19)17-11-4-2-3-10(16)7-11/h2-7H,8-9H2,1H3,(H,17,19). The molecule has 0 saturated carbocycles. The summed E-state index contributed by atoms with van der Waals surface area (Å²) in [6.45, 7) is 1.07. The average molecular weight is 374 g/mol. The lowest BCUT2D eigenvalue weighted by Crippen LogP contribution is -2.29. The van der Waals surface area contributed by atoms with Crippen molar-refractivity contribution in [1.29, 1.82) is 0 Å². The summed E-state index contributed by atoms with van der Waals surface area (Å²) in [6, 6.07) is 9.15. The second kappa shape index (κ2) is 7.22. The number of halogens is 2. The lowest BCUT2D eigenvalue weighted by atomic mass is 10.3. The van der Waals surface area contributed by atoms with Crippen molar-refractivity contribution in [1.82, 2.24) is 4.90 Å². The molecule has 2 rings (SSSR count). The molecular weight excluding hydrogens is 360 g/mol. The highest BCUT2D eigenvalue weighted by atomic mass is 79.9. The van der Waals surface area contributed by atoms with Crippen LogP contribution < -0.4 is 5.32 Å². The predicted molar refractivity (Wildman–Crippen MR) is 88.4 cm³/mol. The maximum atomic E-state index is 11.9. The maximum absolute atomic E-state index is 11.9. The van der Waals surface area contributed by atoms with Crippen molar-refractivity contribution in [2.75, 3.05) is 18.9 Å². The second-order valence-electron chi connectivity index (χ2n) is 4.42. The number of nitrogens with one attached hydrogen (secondary N) is 1. The largest absolute Gasteiger partial charge is 0.325 e. The molecule has 6 heteroatoms. The van der Waals surface area contributed by atoms with Crippen LogP contribution in [0.3, 0.4) is 0 Å². The summed E-state index contributed by atoms with van der Waals surface area (Å²) < 4.78 is 1.09. The molecule has 0 aliphatic heterocycles. The van der Waals surface area contributed by atoms with Crippen LogP contribution in [0, 0.1) is 0 Å². The van der Waals surface area contributed by atoms with Crippen molar-refractivity contribution in [2.24, 2.45) is 0 Å². The molecule has 0 aliphatic rings. The highest BCUT2D eigenvalue weighted by Gasteiger charge is 2.10. The van der Waals surface area contributed by atoms with Crippen LogP contribution in [-0.4, -0.2) is 24.4 Å². The molecule has 1 aromatic carbocycles. The Morgan fingerprint density at radius 2 is 2.25 bits per heavy atom. The van der Waals surface area contributed by atoms with Crippen molar-refractivity contribution in [3.05, 3.63) is 50.1 Å². The highest BCUT2D eigenvalue weighted by Crippen LogP contribution is 2.23. The number of anilines is 1. The number of benzene rings is 1. The van der Waals surface area contributed by atoms with E-state index in [-0.39, 0.29) is 5.91 Å². The number of carbonyl (C=O) groups is 1. The second-order valence-corrected chi connectivity index (χ2v) is 6.71. The molecule has 0 spiro atoms. The zero-order valence-electron chi connectivity index (χ0n) is 10.9. The number of carbonyl (C=O) groups excluding carboxylic acids is 1. The Balaban J connectivity index is 1.86. The van der Waals surface area contributed by atoms with Crippen LogP contribution in [0.4, 0.5) is 5.69 Å². The van der Waals surface area contributed by atoms with Gasteiger partial charge in [0.15, 0.2) is 0 Å². The van der Waals surface area contributed by atoms with Crippen LogP contribution >= 0.6 is 38.9 Å². The van der Waals surface area contributed by atoms with E-state index in [1.54, 1.807) is 23.5 Å². The van der Waals surface area contributed by atoms with Gasteiger partial charge in [-0.15, -0.1) is 11.3 Å². The molecule has 0 aliphatic carbocycles. The normalized spacial score (nSPS) is 10.8. The number of likely N-dealkylation sites (N-methyl/N-ethyl adjacent to an activating group) is 1. The summed E-state index contributed by atoms with van der Waals surface area (Å²) in [6.07, 6.45) is 0. The number of rotatable bonds is 5. The quantitative estimate of drug-likeness (QED) is 0.850. The summed E-state index contributed by atoms with van der Waals surface area (Å²) in [4.78, 5) is 15.1. The maximum Gasteiger partial charge on any atom is 0.238 e. The first-order chi connectivity index (χ1) is 9.54. The monoisotopic (exact) mass is 372 g/mol. The van der Waals surface area contributed by atoms with Gasteiger partial charge in [0, 0.05) is 26.6 Å². The fraction of sp³-hybridized carbons (Fsp3) is 0.214. The van der Waals surface area contributed by atoms with Gasteiger partial charge in [0.2, 0.25) is 5.91 Å². The van der Waals surface area contributed by atoms with Gasteiger partial charge >= 0.3 is 0 Å². The van der Waals surface area contributed by atoms with E-state index in [0.717, 1.165) is 11.0 Å². The third-order valence-electron chi connectivity index (χ3n) is 2.63. The molecule has 0 radical (unpaired) electrons. The third-order valence-corrected chi connectivity index (χ3v) is 4.77. The lowest BCUT2D eigenvalue weighted by molar-refractivity contribution is -0.117. The molecule has 0 saturated heterocycles. The first kappa shape index (κ1) is 15.5. The first-order valence-electron chi connectivity index (χ1n) is 6.00. The fourth-order valence-electron chi connectivity index (χ4n) is 1.75. The summed E-state index contributed by atoms with van der Waals surface area (Å²) in [5, 5.41) is 5.47. The zero-order valence-corrected chi connectivity index (χ0v) is 14.1. The SMILES string of the molecule is CN(CC(=O)Nc1cccc(Cl)c1)Cc1sccc1Br. The molecule has 1 heterocycles. The first-order valence-corrected chi connectivity index (χ1v) is 8.05. The smallest absolute Gasteiger partial charge is 0.238 e. The van der Waals surface area contributed by atoms with Crippen molar-refractivity contribution in [2.45, 2.75) is 6.54 Å². The van der Waals surface area contributed by atoms with Crippen LogP contribution in [0.15, 0.2) is 40.2 Å². The predicted octanol–water partition coefficient (Wildman–Crippen LogP) is 4.23. The molecule has 0 unspecified atom stereocenters. The van der Waals surface area contributed by atoms with Crippen LogP contribution in [0.25, 0.3) is 0 Å². The van der Waals surface area contributed by atoms with Crippen molar-refractivity contribution < 1.29 is 4.79 Å². The summed E-state index contributed by atoms with van der Waals surface area (Å²) in [5.74, 6) is -0.0533. The minimum absolute atomic E-state index is 0.0533. The van der Waals surface area contributed by atoms with Gasteiger partial charge < -0.3 is 5.32 Å². The Hall–Kier alpha value is -0.880. The molecule has 0 atom stereocenters. The molecule has 3 nitrogen and oxygen atoms in total. The van der Waals surface area contributed by atoms with Crippen LogP contribution in [0.2, 0.25) is 5.02 Å². The molecule has 106 valence electrons. The van der Waals surface area contributed by atoms with E-state index >= 15 is 0 Å². The molecule has 20 heavy (non-hydrogen) atoms. The van der Waals surface area contributed by atoms with Gasteiger partial charge in [-0.05, 0) is 52.6 Å². The van der Waals surface area contributed by atoms with Crippen LogP contribution in [-0.2, 0) is 11.3 Å². The van der Waals surface area contributed by atoms with Gasteiger partial charge in [-0.25, -0.2) is 0 Å². The number of hydrogen-bond donors (Lipinski definition) is 1. The summed E-state index contributed by atoms with van der Waals surface area (Å²) >= 11 is 11.0. The number of thiophene rings is 1. The van der Waals surface area contributed by atoms with Crippen molar-refractivity contribution >= 4 is 50.5 Å². The van der Waals surface area contributed by atoms with E-state index in [1.807, 2.05) is 35.5 Å².